The van der Waals surface area contributed by atoms with Crippen LogP contribution in [0.15, 0.2) is 109 Å². The maximum Gasteiger partial charge on any atom is 0.306 e. The molecule has 0 fully saturated rings. The van der Waals surface area contributed by atoms with Crippen LogP contribution in [0.5, 0.6) is 0 Å². The van der Waals surface area contributed by atoms with Gasteiger partial charge < -0.3 is 14.2 Å². The summed E-state index contributed by atoms with van der Waals surface area (Å²) in [5, 5.41) is 0. The summed E-state index contributed by atoms with van der Waals surface area (Å²) in [5.41, 5.74) is 0. The second-order valence-corrected chi connectivity index (χ2v) is 15.4. The number of ether oxygens (including phenoxy) is 3. The van der Waals surface area contributed by atoms with E-state index < -0.39 is 6.10 Å². The van der Waals surface area contributed by atoms with Crippen molar-refractivity contribution in [2.45, 2.75) is 200 Å². The van der Waals surface area contributed by atoms with Crippen molar-refractivity contribution in [3.05, 3.63) is 109 Å². The van der Waals surface area contributed by atoms with Crippen molar-refractivity contribution in [1.29, 1.82) is 0 Å². The highest BCUT2D eigenvalue weighted by atomic mass is 16.6. The molecule has 0 aromatic carbocycles. The van der Waals surface area contributed by atoms with Gasteiger partial charge in [-0.3, -0.25) is 14.4 Å². The SMILES string of the molecule is CC/C=C/C=C/C=C/C=C/C=C/CCCCCC(=O)OCC(COC(=O)CCCCCCC/C=C/C=C/C=C/CC)OC(=O)CCCCC/C=C/CCCCCCCCC. The number of esters is 3. The third kappa shape index (κ3) is 45.2. The van der Waals surface area contributed by atoms with Crippen molar-refractivity contribution in [2.24, 2.45) is 0 Å². The van der Waals surface area contributed by atoms with Gasteiger partial charge in [-0.25, -0.2) is 0 Å². The lowest BCUT2D eigenvalue weighted by molar-refractivity contribution is -0.167. The van der Waals surface area contributed by atoms with E-state index in [1.807, 2.05) is 54.7 Å². The van der Waals surface area contributed by atoms with Crippen LogP contribution in [0, 0.1) is 0 Å². The van der Waals surface area contributed by atoms with Gasteiger partial charge in [0, 0.05) is 19.3 Å². The first kappa shape index (κ1) is 56.1. The largest absolute Gasteiger partial charge is 0.462 e. The molecule has 60 heavy (non-hydrogen) atoms. The fraction of sp³-hybridized carbons (Fsp3) is 0.611. The molecular weight excluding hydrogens is 745 g/mol. The molecule has 338 valence electrons. The van der Waals surface area contributed by atoms with Crippen LogP contribution in [0.4, 0.5) is 0 Å². The molecule has 0 saturated carbocycles. The molecule has 1 atom stereocenters. The van der Waals surface area contributed by atoms with Crippen molar-refractivity contribution in [1.82, 2.24) is 0 Å². The highest BCUT2D eigenvalue weighted by Gasteiger charge is 2.19. The van der Waals surface area contributed by atoms with E-state index in [1.54, 1.807) is 0 Å². The molecule has 0 N–H and O–H groups in total. The summed E-state index contributed by atoms with van der Waals surface area (Å²) in [6.45, 7) is 6.26. The zero-order valence-electron chi connectivity index (χ0n) is 38.4. The Labute approximate surface area is 368 Å². The summed E-state index contributed by atoms with van der Waals surface area (Å²) in [4.78, 5) is 37.9. The number of carbonyl (C=O) groups excluding carboxylic acids is 3. The average molecular weight is 831 g/mol. The second-order valence-electron chi connectivity index (χ2n) is 15.4. The lowest BCUT2D eigenvalue weighted by Crippen LogP contribution is -2.30. The minimum atomic E-state index is -0.813. The Balaban J connectivity index is 4.54. The highest BCUT2D eigenvalue weighted by Crippen LogP contribution is 2.12. The first-order valence-corrected chi connectivity index (χ1v) is 24.0. The van der Waals surface area contributed by atoms with Gasteiger partial charge in [-0.05, 0) is 83.5 Å². The van der Waals surface area contributed by atoms with Gasteiger partial charge in [0.2, 0.25) is 0 Å². The van der Waals surface area contributed by atoms with E-state index in [4.69, 9.17) is 14.2 Å². The molecule has 6 heteroatoms. The Morgan fingerprint density at radius 1 is 0.350 bits per heavy atom. The second kappa shape index (κ2) is 47.7. The zero-order valence-corrected chi connectivity index (χ0v) is 38.4. The third-order valence-electron chi connectivity index (χ3n) is 9.68. The van der Waals surface area contributed by atoms with Crippen LogP contribution < -0.4 is 0 Å². The Kier molecular flexibility index (Phi) is 44.6. The number of carbonyl (C=O) groups is 3. The van der Waals surface area contributed by atoms with E-state index in [2.05, 4.69) is 75.5 Å². The molecule has 0 aliphatic heterocycles. The van der Waals surface area contributed by atoms with Gasteiger partial charge in [0.15, 0.2) is 6.10 Å². The smallest absolute Gasteiger partial charge is 0.306 e. The summed E-state index contributed by atoms with van der Waals surface area (Å²) in [6, 6.07) is 0. The summed E-state index contributed by atoms with van der Waals surface area (Å²) < 4.78 is 16.7. The van der Waals surface area contributed by atoms with Crippen molar-refractivity contribution in [3.63, 3.8) is 0 Å². The van der Waals surface area contributed by atoms with Crippen LogP contribution in [0.3, 0.4) is 0 Å². The van der Waals surface area contributed by atoms with Crippen molar-refractivity contribution in [2.75, 3.05) is 13.2 Å². The molecule has 0 aliphatic carbocycles. The molecule has 0 rings (SSSR count). The minimum absolute atomic E-state index is 0.111. The third-order valence-corrected chi connectivity index (χ3v) is 9.68. The van der Waals surface area contributed by atoms with Gasteiger partial charge in [0.1, 0.15) is 13.2 Å². The number of unbranched alkanes of at least 4 members (excludes halogenated alkanes) is 18. The summed E-state index contributed by atoms with van der Waals surface area (Å²) in [6.07, 6.45) is 63.5. The Hall–Kier alpha value is -3.93. The summed E-state index contributed by atoms with van der Waals surface area (Å²) in [5.74, 6) is -0.998. The summed E-state index contributed by atoms with van der Waals surface area (Å²) in [7, 11) is 0. The average Bonchev–Trinajstić information content (AvgIpc) is 3.24. The minimum Gasteiger partial charge on any atom is -0.462 e. The molecule has 0 spiro atoms. The summed E-state index contributed by atoms with van der Waals surface area (Å²) >= 11 is 0. The number of allylic oxidation sites excluding steroid dienone is 18. The maximum atomic E-state index is 12.8. The lowest BCUT2D eigenvalue weighted by Gasteiger charge is -2.18. The molecule has 6 nitrogen and oxygen atoms in total. The molecule has 0 bridgehead atoms. The van der Waals surface area contributed by atoms with E-state index >= 15 is 0 Å². The van der Waals surface area contributed by atoms with Gasteiger partial charge in [-0.15, -0.1) is 0 Å². The van der Waals surface area contributed by atoms with E-state index in [0.717, 1.165) is 109 Å². The predicted octanol–water partition coefficient (Wildman–Crippen LogP) is 15.6. The molecular formula is C54H86O6. The van der Waals surface area contributed by atoms with Gasteiger partial charge in [-0.2, -0.15) is 0 Å². The highest BCUT2D eigenvalue weighted by molar-refractivity contribution is 5.71. The standard InChI is InChI=1S/C54H86O6/c1-4-7-10-13-16-19-22-25-27-30-32-35-38-41-44-47-53(56)59-50-51(49-58-52(55)46-43-40-37-34-31-28-24-21-18-15-12-9-6-3)60-54(57)48-45-42-39-36-33-29-26-23-20-17-14-11-8-5-2/h7,9-10,12-13,15-16,18-19,21-22,24-25,27,29-30,32-33,51H,4-6,8,11,14,17,20,23,26,28,31,34-50H2,1-3H3/b10-7+,12-9+,16-13+,18-15+,22-19+,24-21+,27-25+,32-30+,33-29+. The molecule has 0 amide bonds. The molecule has 0 heterocycles. The molecule has 1 unspecified atom stereocenters. The Morgan fingerprint density at radius 3 is 1.08 bits per heavy atom. The predicted molar refractivity (Wildman–Crippen MR) is 256 cm³/mol. The number of hydrogen-bond donors (Lipinski definition) is 0. The van der Waals surface area contributed by atoms with E-state index in [9.17, 15) is 14.4 Å². The Morgan fingerprint density at radius 2 is 0.667 bits per heavy atom. The van der Waals surface area contributed by atoms with E-state index in [1.165, 1.54) is 44.9 Å². The zero-order chi connectivity index (χ0) is 43.7. The molecule has 0 aromatic heterocycles. The molecule has 0 aliphatic rings. The first-order chi connectivity index (χ1) is 29.5. The monoisotopic (exact) mass is 831 g/mol. The van der Waals surface area contributed by atoms with Crippen LogP contribution in [0.25, 0.3) is 0 Å². The quantitative estimate of drug-likeness (QED) is 0.0201. The van der Waals surface area contributed by atoms with Crippen molar-refractivity contribution in [3.8, 4) is 0 Å². The van der Waals surface area contributed by atoms with E-state index in [0.29, 0.717) is 12.8 Å². The molecule has 0 saturated heterocycles. The van der Waals surface area contributed by atoms with Gasteiger partial charge >= 0.3 is 17.9 Å². The maximum absolute atomic E-state index is 12.8. The van der Waals surface area contributed by atoms with Gasteiger partial charge in [0.05, 0.1) is 0 Å². The van der Waals surface area contributed by atoms with Crippen LogP contribution in [0.1, 0.15) is 194 Å². The van der Waals surface area contributed by atoms with Crippen LogP contribution in [0.2, 0.25) is 0 Å². The molecule has 0 aromatic rings. The first-order valence-electron chi connectivity index (χ1n) is 24.0. The van der Waals surface area contributed by atoms with Crippen molar-refractivity contribution < 1.29 is 28.6 Å². The molecule has 0 radical (unpaired) electrons. The van der Waals surface area contributed by atoms with Crippen LogP contribution in [-0.4, -0.2) is 37.2 Å². The number of rotatable bonds is 41. The van der Waals surface area contributed by atoms with Crippen molar-refractivity contribution >= 4 is 17.9 Å². The number of hydrogen-bond acceptors (Lipinski definition) is 6. The topological polar surface area (TPSA) is 78.9 Å². The Bertz CT molecular complexity index is 1280. The van der Waals surface area contributed by atoms with Crippen LogP contribution >= 0.6 is 0 Å². The lowest BCUT2D eigenvalue weighted by atomic mass is 10.1. The fourth-order valence-corrected chi connectivity index (χ4v) is 6.10. The van der Waals surface area contributed by atoms with E-state index in [-0.39, 0.29) is 37.5 Å². The van der Waals surface area contributed by atoms with Gasteiger partial charge in [0.25, 0.3) is 0 Å². The van der Waals surface area contributed by atoms with Gasteiger partial charge in [-0.1, -0.05) is 201 Å². The van der Waals surface area contributed by atoms with Crippen LogP contribution in [-0.2, 0) is 28.6 Å². The fourth-order valence-electron chi connectivity index (χ4n) is 6.10. The normalized spacial score (nSPS) is 13.1.